The summed E-state index contributed by atoms with van der Waals surface area (Å²) in [6.07, 6.45) is 1.98. The van der Waals surface area contributed by atoms with Crippen molar-refractivity contribution in [2.24, 2.45) is 0 Å². The van der Waals surface area contributed by atoms with Crippen molar-refractivity contribution in [2.75, 3.05) is 5.32 Å². The summed E-state index contributed by atoms with van der Waals surface area (Å²) in [4.78, 5) is 27.6. The van der Waals surface area contributed by atoms with E-state index in [2.05, 4.69) is 36.4 Å². The van der Waals surface area contributed by atoms with Gasteiger partial charge in [0, 0.05) is 16.9 Å². The number of Topliss-reactive ketones (excluding diaryl/α,β-unsaturated/α-hetero) is 1. The Balaban J connectivity index is 1.79. The van der Waals surface area contributed by atoms with Gasteiger partial charge in [0.05, 0.1) is 22.2 Å². The van der Waals surface area contributed by atoms with Crippen LogP contribution in [0.15, 0.2) is 36.4 Å². The van der Waals surface area contributed by atoms with E-state index in [0.29, 0.717) is 10.7 Å². The number of aryl methyl sites for hydroxylation is 3. The van der Waals surface area contributed by atoms with Crippen LogP contribution in [0.4, 0.5) is 5.82 Å². The highest BCUT2D eigenvalue weighted by Gasteiger charge is 2.36. The number of aromatic nitrogens is 2. The number of nitrogens with one attached hydrogen (secondary N) is 1. The highest BCUT2D eigenvalue weighted by Crippen LogP contribution is 2.39. The van der Waals surface area contributed by atoms with Crippen molar-refractivity contribution in [3.05, 3.63) is 63.0 Å². The average Bonchev–Trinajstić information content (AvgIpc) is 3.31. The summed E-state index contributed by atoms with van der Waals surface area (Å²) in [6, 6.07) is 12.0. The Labute approximate surface area is 168 Å². The summed E-state index contributed by atoms with van der Waals surface area (Å²) in [5.41, 5.74) is 3.70. The molecule has 0 fully saturated rings. The molecule has 4 rings (SSSR count). The number of nitrogens with zero attached hydrogens (tertiary/aromatic N) is 2. The van der Waals surface area contributed by atoms with Crippen LogP contribution in [0, 0.1) is 6.92 Å². The second-order valence-electron chi connectivity index (χ2n) is 7.07. The molecule has 1 aliphatic heterocycles. The first-order chi connectivity index (χ1) is 13.5. The molecule has 1 aromatic carbocycles. The minimum absolute atomic E-state index is 0.00533. The summed E-state index contributed by atoms with van der Waals surface area (Å²) in [5, 5.41) is 7.62. The first-order valence-electron chi connectivity index (χ1n) is 9.63. The number of benzene rings is 1. The third-order valence-corrected chi connectivity index (χ3v) is 6.48. The predicted octanol–water partition coefficient (Wildman–Crippen LogP) is 4.68. The average molecular weight is 394 g/mol. The van der Waals surface area contributed by atoms with E-state index < -0.39 is 5.92 Å². The molecule has 0 aliphatic carbocycles. The van der Waals surface area contributed by atoms with Gasteiger partial charge in [-0.05, 0) is 49.6 Å². The molecular weight excluding hydrogens is 370 g/mol. The van der Waals surface area contributed by atoms with E-state index in [4.69, 9.17) is 0 Å². The molecule has 144 valence electrons. The number of amides is 1. The molecule has 28 heavy (non-hydrogen) atoms. The smallest absolute Gasteiger partial charge is 0.226 e. The van der Waals surface area contributed by atoms with Gasteiger partial charge in [-0.1, -0.05) is 26.0 Å². The first kappa shape index (κ1) is 18.6. The zero-order chi connectivity index (χ0) is 19.8. The summed E-state index contributed by atoms with van der Waals surface area (Å²) >= 11 is 1.52. The summed E-state index contributed by atoms with van der Waals surface area (Å²) in [5.74, 6) is -0.0143. The molecular formula is C22H23N3O2S. The van der Waals surface area contributed by atoms with E-state index in [0.717, 1.165) is 29.8 Å². The first-order valence-corrected chi connectivity index (χ1v) is 10.4. The Morgan fingerprint density at radius 2 is 2.07 bits per heavy atom. The van der Waals surface area contributed by atoms with Crippen LogP contribution in [0.3, 0.4) is 0 Å². The molecule has 1 aliphatic rings. The minimum Gasteiger partial charge on any atom is -0.310 e. The van der Waals surface area contributed by atoms with E-state index in [-0.39, 0.29) is 18.1 Å². The Morgan fingerprint density at radius 3 is 2.79 bits per heavy atom. The van der Waals surface area contributed by atoms with E-state index >= 15 is 0 Å². The van der Waals surface area contributed by atoms with E-state index in [1.807, 2.05) is 31.2 Å². The predicted molar refractivity (Wildman–Crippen MR) is 112 cm³/mol. The Kier molecular flexibility index (Phi) is 4.89. The fourth-order valence-electron chi connectivity index (χ4n) is 3.74. The minimum atomic E-state index is -0.491. The van der Waals surface area contributed by atoms with Gasteiger partial charge in [0.15, 0.2) is 5.78 Å². The van der Waals surface area contributed by atoms with E-state index in [9.17, 15) is 9.59 Å². The topological polar surface area (TPSA) is 64.0 Å². The van der Waals surface area contributed by atoms with Crippen LogP contribution in [0.2, 0.25) is 0 Å². The molecule has 0 unspecified atom stereocenters. The Morgan fingerprint density at radius 1 is 1.25 bits per heavy atom. The number of carbonyl (C=O) groups excluding carboxylic acids is 2. The van der Waals surface area contributed by atoms with Gasteiger partial charge in [-0.3, -0.25) is 9.59 Å². The van der Waals surface area contributed by atoms with E-state index in [1.54, 1.807) is 4.68 Å². The molecule has 0 bridgehead atoms. The molecule has 1 amide bonds. The van der Waals surface area contributed by atoms with Gasteiger partial charge in [0.25, 0.3) is 0 Å². The van der Waals surface area contributed by atoms with Crippen LogP contribution < -0.4 is 5.32 Å². The van der Waals surface area contributed by atoms with Crippen LogP contribution in [0.1, 0.15) is 57.6 Å². The number of rotatable bonds is 5. The SMILES string of the molecule is CCc1cccc(-n2nc(C)c3c2NC(=O)C[C@@H]3C(=O)c2ccc(CC)s2)c1. The van der Waals surface area contributed by atoms with Gasteiger partial charge in [-0.25, -0.2) is 4.68 Å². The van der Waals surface area contributed by atoms with Crippen molar-refractivity contribution in [2.45, 2.75) is 46.0 Å². The van der Waals surface area contributed by atoms with Crippen molar-refractivity contribution >= 4 is 28.8 Å². The molecule has 0 saturated heterocycles. The fraction of sp³-hybridized carbons (Fsp3) is 0.318. The zero-order valence-electron chi connectivity index (χ0n) is 16.3. The molecule has 6 heteroatoms. The molecule has 3 aromatic rings. The lowest BCUT2D eigenvalue weighted by Gasteiger charge is -2.22. The van der Waals surface area contributed by atoms with Crippen LogP contribution in [0.5, 0.6) is 0 Å². The third-order valence-electron chi connectivity index (χ3n) is 5.24. The number of anilines is 1. The maximum atomic E-state index is 13.2. The number of hydrogen-bond acceptors (Lipinski definition) is 4. The molecule has 5 nitrogen and oxygen atoms in total. The Bertz CT molecular complexity index is 1060. The highest BCUT2D eigenvalue weighted by molar-refractivity contribution is 7.14. The monoisotopic (exact) mass is 393 g/mol. The normalized spacial score (nSPS) is 16.0. The van der Waals surface area contributed by atoms with Gasteiger partial charge in [-0.2, -0.15) is 5.10 Å². The maximum absolute atomic E-state index is 13.2. The van der Waals surface area contributed by atoms with Crippen molar-refractivity contribution in [1.82, 2.24) is 9.78 Å². The van der Waals surface area contributed by atoms with Crippen LogP contribution in [0.25, 0.3) is 5.69 Å². The van der Waals surface area contributed by atoms with Gasteiger partial charge >= 0.3 is 0 Å². The molecule has 0 radical (unpaired) electrons. The van der Waals surface area contributed by atoms with Crippen LogP contribution in [-0.2, 0) is 17.6 Å². The zero-order valence-corrected chi connectivity index (χ0v) is 17.1. The second-order valence-corrected chi connectivity index (χ2v) is 8.24. The standard InChI is InChI=1S/C22H23N3O2S/c1-4-14-7-6-8-15(11-14)25-22-20(13(3)24-25)17(12-19(26)23-22)21(27)18-10-9-16(5-2)28-18/h6-11,17H,4-5,12H2,1-3H3,(H,23,26)/t17-/m0/s1. The van der Waals surface area contributed by atoms with E-state index in [1.165, 1.54) is 21.8 Å². The lowest BCUT2D eigenvalue weighted by atomic mass is 9.87. The molecule has 3 heterocycles. The van der Waals surface area contributed by atoms with Gasteiger partial charge in [0.2, 0.25) is 5.91 Å². The number of fused-ring (bicyclic) bond motifs is 1. The van der Waals surface area contributed by atoms with Gasteiger partial charge < -0.3 is 5.32 Å². The molecule has 0 saturated carbocycles. The third kappa shape index (κ3) is 3.18. The second kappa shape index (κ2) is 7.36. The van der Waals surface area contributed by atoms with Crippen molar-refractivity contribution in [3.63, 3.8) is 0 Å². The molecule has 2 aromatic heterocycles. The lowest BCUT2D eigenvalue weighted by molar-refractivity contribution is -0.116. The molecule has 0 spiro atoms. The maximum Gasteiger partial charge on any atom is 0.226 e. The molecule has 1 atom stereocenters. The lowest BCUT2D eigenvalue weighted by Crippen LogP contribution is -2.28. The van der Waals surface area contributed by atoms with Crippen LogP contribution in [-0.4, -0.2) is 21.5 Å². The van der Waals surface area contributed by atoms with Crippen molar-refractivity contribution in [1.29, 1.82) is 0 Å². The summed E-state index contributed by atoms with van der Waals surface area (Å²) in [7, 11) is 0. The number of carbonyl (C=O) groups is 2. The number of ketones is 1. The Hall–Kier alpha value is -2.73. The largest absolute Gasteiger partial charge is 0.310 e. The van der Waals surface area contributed by atoms with Crippen molar-refractivity contribution < 1.29 is 9.59 Å². The number of hydrogen-bond donors (Lipinski definition) is 1. The quantitative estimate of drug-likeness (QED) is 0.641. The van der Waals surface area contributed by atoms with Crippen LogP contribution >= 0.6 is 11.3 Å². The molecule has 1 N–H and O–H groups in total. The number of thiophene rings is 1. The van der Waals surface area contributed by atoms with Gasteiger partial charge in [0.1, 0.15) is 5.82 Å². The van der Waals surface area contributed by atoms with Crippen molar-refractivity contribution in [3.8, 4) is 5.69 Å². The summed E-state index contributed by atoms with van der Waals surface area (Å²) in [6.45, 7) is 6.08. The summed E-state index contributed by atoms with van der Waals surface area (Å²) < 4.78 is 1.76. The fourth-order valence-corrected chi connectivity index (χ4v) is 4.68. The van der Waals surface area contributed by atoms with Gasteiger partial charge in [-0.15, -0.1) is 11.3 Å². The highest BCUT2D eigenvalue weighted by atomic mass is 32.1.